The molecule has 27 heavy (non-hydrogen) atoms. The van der Waals surface area contributed by atoms with Crippen molar-refractivity contribution in [3.05, 3.63) is 39.0 Å². The maximum Gasteiger partial charge on any atom is 0.306 e. The summed E-state index contributed by atoms with van der Waals surface area (Å²) >= 11 is 18.8. The van der Waals surface area contributed by atoms with E-state index in [2.05, 4.69) is 9.97 Å². The van der Waals surface area contributed by atoms with Gasteiger partial charge in [-0.2, -0.15) is 9.97 Å². The first kappa shape index (κ1) is 22.3. The predicted octanol–water partition coefficient (Wildman–Crippen LogP) is 6.44. The number of aromatic nitrogens is 2. The highest BCUT2D eigenvalue weighted by atomic mass is 35.5. The van der Waals surface area contributed by atoms with Crippen molar-refractivity contribution in [3.8, 4) is 17.6 Å². The number of benzene rings is 1. The van der Waals surface area contributed by atoms with Crippen molar-refractivity contribution in [3.63, 3.8) is 0 Å². The monoisotopic (exact) mass is 464 g/mol. The second kappa shape index (κ2) is 8.57. The number of nitrogens with zero attached hydrogens (tertiary/aromatic N) is 2. The van der Waals surface area contributed by atoms with Gasteiger partial charge in [-0.3, -0.25) is 0 Å². The summed E-state index contributed by atoms with van der Waals surface area (Å²) in [5.41, 5.74) is 0.448. The zero-order valence-corrected chi connectivity index (χ0v) is 20.5. The summed E-state index contributed by atoms with van der Waals surface area (Å²) in [5, 5.41) is 1.11. The zero-order valence-electron chi connectivity index (χ0n) is 16.2. The van der Waals surface area contributed by atoms with Crippen LogP contribution in [0.25, 0.3) is 0 Å². The Morgan fingerprint density at radius 1 is 0.852 bits per heavy atom. The van der Waals surface area contributed by atoms with Crippen LogP contribution in [0.1, 0.15) is 5.69 Å². The third-order valence-electron chi connectivity index (χ3n) is 2.94. The van der Waals surface area contributed by atoms with Crippen LogP contribution in [-0.4, -0.2) is 26.6 Å². The van der Waals surface area contributed by atoms with Crippen LogP contribution in [0.15, 0.2) is 18.2 Å². The molecule has 0 radical (unpaired) electrons. The van der Waals surface area contributed by atoms with Gasteiger partial charge in [-0.1, -0.05) is 40.9 Å². The highest BCUT2D eigenvalue weighted by Gasteiger charge is 2.25. The van der Waals surface area contributed by atoms with Gasteiger partial charge in [-0.25, -0.2) is 0 Å². The van der Waals surface area contributed by atoms with E-state index in [1.165, 1.54) is 0 Å². The van der Waals surface area contributed by atoms with Crippen LogP contribution < -0.4 is 13.6 Å². The Morgan fingerprint density at radius 2 is 1.41 bits per heavy atom. The van der Waals surface area contributed by atoms with E-state index < -0.39 is 16.6 Å². The Kier molecular flexibility index (Phi) is 7.08. The molecule has 0 fully saturated rings. The fourth-order valence-corrected chi connectivity index (χ4v) is 4.10. The number of hydrogen-bond donors (Lipinski definition) is 0. The molecule has 0 N–H and O–H groups in total. The molecule has 0 bridgehead atoms. The normalized spacial score (nSPS) is 12.0. The molecule has 0 aliphatic carbocycles. The number of hydrogen-bond acceptors (Lipinski definition) is 5. The molecule has 10 heteroatoms. The summed E-state index contributed by atoms with van der Waals surface area (Å²) in [5.74, 6) is 0.679. The van der Waals surface area contributed by atoms with Gasteiger partial charge in [0, 0.05) is 0 Å². The minimum atomic E-state index is -1.94. The molecule has 1 heterocycles. The quantitative estimate of drug-likeness (QED) is 0.440. The Balaban J connectivity index is 2.38. The molecule has 0 atom stereocenters. The van der Waals surface area contributed by atoms with E-state index in [-0.39, 0.29) is 12.6 Å². The number of rotatable bonds is 7. The minimum absolute atomic E-state index is 0.0505. The summed E-state index contributed by atoms with van der Waals surface area (Å²) in [6.45, 7) is 12.3. The molecule has 0 saturated heterocycles. The lowest BCUT2D eigenvalue weighted by molar-refractivity contribution is 0.299. The van der Waals surface area contributed by atoms with Crippen molar-refractivity contribution in [2.45, 2.75) is 45.9 Å². The lowest BCUT2D eigenvalue weighted by Gasteiger charge is -2.23. The van der Waals surface area contributed by atoms with Crippen LogP contribution >= 0.6 is 34.8 Å². The zero-order chi connectivity index (χ0) is 20.4. The summed E-state index contributed by atoms with van der Waals surface area (Å²) in [6.07, 6.45) is 0. The van der Waals surface area contributed by atoms with Gasteiger partial charge in [0.2, 0.25) is 22.5 Å². The fraction of sp³-hybridized carbons (Fsp3) is 0.412. The first-order valence-electron chi connectivity index (χ1n) is 8.37. The van der Waals surface area contributed by atoms with Gasteiger partial charge in [-0.05, 0) is 51.4 Å². The van der Waals surface area contributed by atoms with Gasteiger partial charge in [0.1, 0.15) is 17.3 Å². The molecule has 1 aromatic heterocycles. The molecule has 2 aromatic rings. The Labute approximate surface area is 177 Å². The van der Waals surface area contributed by atoms with E-state index in [9.17, 15) is 0 Å². The molecule has 0 aliphatic heterocycles. The van der Waals surface area contributed by atoms with Gasteiger partial charge in [-0.15, -0.1) is 0 Å². The maximum atomic E-state index is 6.49. The number of ether oxygens (including phenoxy) is 1. The second-order valence-corrected chi connectivity index (χ2v) is 17.9. The highest BCUT2D eigenvalue weighted by Crippen LogP contribution is 2.35. The van der Waals surface area contributed by atoms with Gasteiger partial charge >= 0.3 is 6.01 Å². The molecule has 0 amide bonds. The SMILES string of the molecule is C[Si](C)(C)Oc1nc(COc2c(Cl)cccc2Cl)c(Cl)c(O[Si](C)(C)C)n1. The maximum absolute atomic E-state index is 6.49. The van der Waals surface area contributed by atoms with Crippen LogP contribution in [0, 0.1) is 0 Å². The Morgan fingerprint density at radius 3 is 1.93 bits per heavy atom. The molecular weight excluding hydrogens is 443 g/mol. The first-order valence-corrected chi connectivity index (χ1v) is 16.3. The van der Waals surface area contributed by atoms with Crippen molar-refractivity contribution in [2.75, 3.05) is 0 Å². The van der Waals surface area contributed by atoms with Crippen molar-refractivity contribution >= 4 is 51.4 Å². The van der Waals surface area contributed by atoms with Gasteiger partial charge < -0.3 is 13.6 Å². The summed E-state index contributed by atoms with van der Waals surface area (Å²) in [4.78, 5) is 8.78. The second-order valence-electron chi connectivity index (χ2n) is 7.84. The van der Waals surface area contributed by atoms with E-state index in [0.717, 1.165) is 0 Å². The predicted molar refractivity (Wildman–Crippen MR) is 116 cm³/mol. The third kappa shape index (κ3) is 6.83. The Bertz CT molecular complexity index is 804. The number of para-hydroxylation sites is 1. The minimum Gasteiger partial charge on any atom is -0.530 e. The highest BCUT2D eigenvalue weighted by molar-refractivity contribution is 6.70. The summed E-state index contributed by atoms with van der Waals surface area (Å²) < 4.78 is 17.7. The first-order chi connectivity index (χ1) is 12.4. The van der Waals surface area contributed by atoms with Gasteiger partial charge in [0.15, 0.2) is 5.75 Å². The van der Waals surface area contributed by atoms with Gasteiger partial charge in [0.05, 0.1) is 10.0 Å². The molecule has 5 nitrogen and oxygen atoms in total. The van der Waals surface area contributed by atoms with Crippen LogP contribution in [0.4, 0.5) is 0 Å². The average molecular weight is 466 g/mol. The van der Waals surface area contributed by atoms with E-state index in [4.69, 9.17) is 48.4 Å². The largest absolute Gasteiger partial charge is 0.530 e. The van der Waals surface area contributed by atoms with E-state index in [1.54, 1.807) is 18.2 Å². The van der Waals surface area contributed by atoms with Gasteiger partial charge in [0.25, 0.3) is 0 Å². The van der Waals surface area contributed by atoms with Crippen molar-refractivity contribution in [2.24, 2.45) is 0 Å². The molecule has 148 valence electrons. The van der Waals surface area contributed by atoms with E-state index >= 15 is 0 Å². The van der Waals surface area contributed by atoms with Crippen LogP contribution in [0.2, 0.25) is 54.3 Å². The summed E-state index contributed by atoms with van der Waals surface area (Å²) in [7, 11) is -3.86. The molecule has 2 rings (SSSR count). The van der Waals surface area contributed by atoms with E-state index in [0.29, 0.717) is 32.4 Å². The number of halogens is 3. The summed E-state index contributed by atoms with van der Waals surface area (Å²) in [6, 6.07) is 5.37. The molecule has 0 spiro atoms. The molecule has 0 aliphatic rings. The van der Waals surface area contributed by atoms with Crippen LogP contribution in [0.5, 0.6) is 17.6 Å². The van der Waals surface area contributed by atoms with E-state index in [1.807, 2.05) is 39.3 Å². The van der Waals surface area contributed by atoms with Crippen molar-refractivity contribution in [1.82, 2.24) is 9.97 Å². The van der Waals surface area contributed by atoms with Crippen molar-refractivity contribution in [1.29, 1.82) is 0 Å². The van der Waals surface area contributed by atoms with Crippen LogP contribution in [0.3, 0.4) is 0 Å². The molecule has 1 aromatic carbocycles. The Hall–Kier alpha value is -0.996. The lowest BCUT2D eigenvalue weighted by atomic mass is 10.3. The molecular formula is C17H23Cl3N2O3Si2. The van der Waals surface area contributed by atoms with Crippen LogP contribution in [-0.2, 0) is 6.61 Å². The molecule has 0 unspecified atom stereocenters. The third-order valence-corrected chi connectivity index (χ3v) is 5.52. The lowest BCUT2D eigenvalue weighted by Crippen LogP contribution is -2.32. The van der Waals surface area contributed by atoms with Crippen molar-refractivity contribution < 1.29 is 13.6 Å². The smallest absolute Gasteiger partial charge is 0.306 e. The standard InChI is InChI=1S/C17H23Cl3N2O3Si2/c1-26(2,3)24-16-14(20)13(21-17(22-16)25-27(4,5)6)10-23-15-11(18)8-7-9-12(15)19/h7-9H,10H2,1-6H3. The average Bonchev–Trinajstić information content (AvgIpc) is 2.47. The topological polar surface area (TPSA) is 53.5 Å². The molecule has 0 saturated carbocycles. The fourth-order valence-electron chi connectivity index (χ4n) is 1.98.